The van der Waals surface area contributed by atoms with E-state index >= 15 is 0 Å². The van der Waals surface area contributed by atoms with Crippen molar-refractivity contribution < 1.29 is 19.2 Å². The van der Waals surface area contributed by atoms with Crippen LogP contribution in [0.2, 0.25) is 0 Å². The highest BCUT2D eigenvalue weighted by Gasteiger charge is 2.23. The molecule has 0 saturated carbocycles. The molecule has 4 rings (SSSR count). The van der Waals surface area contributed by atoms with E-state index in [-0.39, 0.29) is 17.8 Å². The van der Waals surface area contributed by atoms with Crippen LogP contribution in [0, 0.1) is 22.5 Å². The number of nitro groups is 1. The van der Waals surface area contributed by atoms with Crippen molar-refractivity contribution >= 4 is 38.8 Å². The van der Waals surface area contributed by atoms with Gasteiger partial charge in [-0.25, -0.2) is 0 Å². The van der Waals surface area contributed by atoms with Crippen LogP contribution in [0.4, 0.5) is 11.4 Å². The number of fused-ring (bicyclic) bond motifs is 1. The van der Waals surface area contributed by atoms with E-state index in [1.54, 1.807) is 16.7 Å². The second-order valence-corrected chi connectivity index (χ2v) is 8.22. The second-order valence-electron chi connectivity index (χ2n) is 7.21. The molecule has 10 heteroatoms. The molecule has 170 valence electrons. The Balaban J connectivity index is 1.74. The molecule has 2 aromatic carbocycles. The molecule has 0 atom stereocenters. The van der Waals surface area contributed by atoms with Gasteiger partial charge in [-0.05, 0) is 37.3 Å². The largest absolute Gasteiger partial charge is 0.494 e. The highest BCUT2D eigenvalue weighted by Crippen LogP contribution is 2.30. The van der Waals surface area contributed by atoms with Crippen LogP contribution >= 0.6 is 11.3 Å². The zero-order valence-corrected chi connectivity index (χ0v) is 18.8. The minimum absolute atomic E-state index is 0.132. The molecule has 3 aromatic rings. The van der Waals surface area contributed by atoms with Gasteiger partial charge in [-0.15, -0.1) is 6.42 Å². The predicted molar refractivity (Wildman–Crippen MR) is 126 cm³/mol. The fourth-order valence-corrected chi connectivity index (χ4v) is 4.72. The molecule has 1 aliphatic heterocycles. The number of rotatable bonds is 6. The van der Waals surface area contributed by atoms with Crippen molar-refractivity contribution in [3.8, 4) is 18.1 Å². The van der Waals surface area contributed by atoms with Gasteiger partial charge in [0.1, 0.15) is 11.4 Å². The summed E-state index contributed by atoms with van der Waals surface area (Å²) in [5.74, 6) is 2.72. The highest BCUT2D eigenvalue weighted by molar-refractivity contribution is 7.16. The lowest BCUT2D eigenvalue weighted by Gasteiger charge is -2.28. The summed E-state index contributed by atoms with van der Waals surface area (Å²) in [5.41, 5.74) is 1.31. The number of thiazole rings is 1. The summed E-state index contributed by atoms with van der Waals surface area (Å²) in [6, 6.07) is 10.0. The van der Waals surface area contributed by atoms with Crippen molar-refractivity contribution in [2.45, 2.75) is 13.5 Å². The van der Waals surface area contributed by atoms with Crippen LogP contribution in [0.15, 0.2) is 41.4 Å². The van der Waals surface area contributed by atoms with Gasteiger partial charge in [0, 0.05) is 24.7 Å². The number of terminal acetylenes is 1. The van der Waals surface area contributed by atoms with Gasteiger partial charge in [0.2, 0.25) is 0 Å². The smallest absolute Gasteiger partial charge is 0.293 e. The Morgan fingerprint density at radius 2 is 2.09 bits per heavy atom. The molecule has 0 N–H and O–H groups in total. The minimum atomic E-state index is -0.575. The molecular weight excluding hydrogens is 444 g/mol. The van der Waals surface area contributed by atoms with Crippen molar-refractivity contribution in [3.05, 3.63) is 56.9 Å². The normalized spacial score (nSPS) is 14.3. The zero-order chi connectivity index (χ0) is 23.4. The molecule has 1 amide bonds. The van der Waals surface area contributed by atoms with Crippen molar-refractivity contribution in [3.63, 3.8) is 0 Å². The van der Waals surface area contributed by atoms with Crippen LogP contribution in [0.5, 0.6) is 5.75 Å². The minimum Gasteiger partial charge on any atom is -0.494 e. The number of morpholine rings is 1. The molecule has 0 radical (unpaired) electrons. The number of carbonyl (C=O) groups excluding carboxylic acids is 1. The van der Waals surface area contributed by atoms with Gasteiger partial charge >= 0.3 is 0 Å². The quantitative estimate of drug-likeness (QED) is 0.314. The molecule has 0 aliphatic carbocycles. The van der Waals surface area contributed by atoms with Crippen molar-refractivity contribution in [1.29, 1.82) is 0 Å². The van der Waals surface area contributed by atoms with Crippen LogP contribution in [0.25, 0.3) is 10.2 Å². The highest BCUT2D eigenvalue weighted by atomic mass is 32.1. The summed E-state index contributed by atoms with van der Waals surface area (Å²) in [5, 5.41) is 11.7. The average Bonchev–Trinajstić information content (AvgIpc) is 3.15. The van der Waals surface area contributed by atoms with Gasteiger partial charge in [-0.3, -0.25) is 14.9 Å². The first-order chi connectivity index (χ1) is 16.0. The monoisotopic (exact) mass is 466 g/mol. The Labute approximate surface area is 194 Å². The molecule has 2 heterocycles. The third-order valence-electron chi connectivity index (χ3n) is 5.18. The Morgan fingerprint density at radius 1 is 1.30 bits per heavy atom. The van der Waals surface area contributed by atoms with Gasteiger partial charge in [0.25, 0.3) is 11.6 Å². The average molecular weight is 467 g/mol. The van der Waals surface area contributed by atoms with E-state index in [1.165, 1.54) is 17.4 Å². The molecular formula is C23H22N4O5S. The molecule has 1 saturated heterocycles. The maximum Gasteiger partial charge on any atom is 0.293 e. The van der Waals surface area contributed by atoms with Crippen molar-refractivity contribution in [1.82, 2.24) is 4.57 Å². The molecule has 0 bridgehead atoms. The van der Waals surface area contributed by atoms with E-state index in [4.69, 9.17) is 15.9 Å². The van der Waals surface area contributed by atoms with Crippen LogP contribution in [-0.2, 0) is 11.3 Å². The summed E-state index contributed by atoms with van der Waals surface area (Å²) >= 11 is 1.31. The fraction of sp³-hybridized carbons (Fsp3) is 0.304. The summed E-state index contributed by atoms with van der Waals surface area (Å²) < 4.78 is 13.5. The fourth-order valence-electron chi connectivity index (χ4n) is 3.67. The van der Waals surface area contributed by atoms with Crippen LogP contribution in [0.3, 0.4) is 0 Å². The molecule has 33 heavy (non-hydrogen) atoms. The molecule has 9 nitrogen and oxygen atoms in total. The number of nitrogens with zero attached hydrogens (tertiary/aromatic N) is 4. The number of anilines is 1. The Kier molecular flexibility index (Phi) is 6.72. The van der Waals surface area contributed by atoms with E-state index in [9.17, 15) is 14.9 Å². The number of nitro benzene ring substituents is 1. The van der Waals surface area contributed by atoms with Crippen LogP contribution < -0.4 is 14.4 Å². The summed E-state index contributed by atoms with van der Waals surface area (Å²) in [7, 11) is 0. The van der Waals surface area contributed by atoms with Crippen molar-refractivity contribution in [2.75, 3.05) is 37.8 Å². The van der Waals surface area contributed by atoms with Gasteiger partial charge in [-0.2, -0.15) is 4.99 Å². The summed E-state index contributed by atoms with van der Waals surface area (Å²) in [4.78, 5) is 30.8. The van der Waals surface area contributed by atoms with E-state index in [1.807, 2.05) is 30.0 Å². The zero-order valence-electron chi connectivity index (χ0n) is 18.0. The summed E-state index contributed by atoms with van der Waals surface area (Å²) in [6.07, 6.45) is 5.53. The third-order valence-corrected chi connectivity index (χ3v) is 6.22. The lowest BCUT2D eigenvalue weighted by Crippen LogP contribution is -2.36. The van der Waals surface area contributed by atoms with Crippen LogP contribution in [-0.4, -0.2) is 48.3 Å². The Morgan fingerprint density at radius 3 is 2.79 bits per heavy atom. The number of aromatic nitrogens is 1. The lowest BCUT2D eigenvalue weighted by molar-refractivity contribution is -0.384. The second kappa shape index (κ2) is 9.85. The number of carbonyl (C=O) groups is 1. The van der Waals surface area contributed by atoms with E-state index < -0.39 is 10.8 Å². The maximum atomic E-state index is 13.0. The molecule has 1 aromatic heterocycles. The molecule has 1 aliphatic rings. The molecule has 1 fully saturated rings. The van der Waals surface area contributed by atoms with Gasteiger partial charge in [0.15, 0.2) is 4.80 Å². The first-order valence-electron chi connectivity index (χ1n) is 10.4. The van der Waals surface area contributed by atoms with Gasteiger partial charge < -0.3 is 18.9 Å². The standard InChI is InChI=1S/C23H22N4O5S/c1-3-9-26-19-8-6-17(32-4-2)15-21(19)33-23(26)24-22(28)16-5-7-18(20(14-16)27(29)30)25-10-12-31-13-11-25/h1,5-8,14-15H,4,9-13H2,2H3. The van der Waals surface area contributed by atoms with Crippen molar-refractivity contribution in [2.24, 2.45) is 4.99 Å². The predicted octanol–water partition coefficient (Wildman–Crippen LogP) is 3.22. The number of amides is 1. The van der Waals surface area contributed by atoms with E-state index in [0.717, 1.165) is 10.2 Å². The Bertz CT molecular complexity index is 1310. The number of hydrogen-bond acceptors (Lipinski definition) is 7. The van der Waals surface area contributed by atoms with Crippen LogP contribution in [0.1, 0.15) is 17.3 Å². The Hall–Kier alpha value is -3.68. The first-order valence-corrected chi connectivity index (χ1v) is 11.2. The third kappa shape index (κ3) is 4.74. The van der Waals surface area contributed by atoms with Gasteiger partial charge in [0.05, 0.1) is 41.5 Å². The topological polar surface area (TPSA) is 99.2 Å². The molecule has 0 unspecified atom stereocenters. The number of ether oxygens (including phenoxy) is 2. The molecule has 0 spiro atoms. The van der Waals surface area contributed by atoms with E-state index in [2.05, 4.69) is 10.9 Å². The maximum absolute atomic E-state index is 13.0. The lowest BCUT2D eigenvalue weighted by atomic mass is 10.1. The van der Waals surface area contributed by atoms with E-state index in [0.29, 0.717) is 49.1 Å². The SMILES string of the molecule is C#CCn1c(=NC(=O)c2ccc(N3CCOCC3)c([N+](=O)[O-])c2)sc2cc(OCC)ccc21. The first kappa shape index (κ1) is 22.5. The van der Waals surface area contributed by atoms with Gasteiger partial charge in [-0.1, -0.05) is 17.3 Å². The number of benzene rings is 2. The summed E-state index contributed by atoms with van der Waals surface area (Å²) in [6.45, 7) is 4.78. The number of hydrogen-bond donors (Lipinski definition) is 0.